The summed E-state index contributed by atoms with van der Waals surface area (Å²) in [5.41, 5.74) is 0.683. The normalized spacial score (nSPS) is 25.5. The van der Waals surface area contributed by atoms with E-state index in [1.54, 1.807) is 6.20 Å². The Bertz CT molecular complexity index is 960. The van der Waals surface area contributed by atoms with Crippen LogP contribution in [0.3, 0.4) is 0 Å². The predicted molar refractivity (Wildman–Crippen MR) is 127 cm³/mol. The van der Waals surface area contributed by atoms with Crippen LogP contribution in [0.4, 0.5) is 5.82 Å². The number of pyridine rings is 1. The average Bonchev–Trinajstić information content (AvgIpc) is 3.24. The van der Waals surface area contributed by atoms with Crippen molar-refractivity contribution in [2.75, 3.05) is 31.1 Å². The van der Waals surface area contributed by atoms with E-state index in [0.717, 1.165) is 49.1 Å². The van der Waals surface area contributed by atoms with Crippen molar-refractivity contribution in [3.63, 3.8) is 0 Å². The van der Waals surface area contributed by atoms with Crippen LogP contribution in [0.2, 0.25) is 0 Å². The number of anilines is 1. The molecule has 1 aliphatic carbocycles. The molecule has 2 saturated heterocycles. The number of nitrogens with zero attached hydrogens (tertiary/aromatic N) is 4. The third kappa shape index (κ3) is 4.15. The van der Waals surface area contributed by atoms with Crippen molar-refractivity contribution in [1.29, 1.82) is 0 Å². The van der Waals surface area contributed by atoms with E-state index in [2.05, 4.69) is 25.8 Å². The zero-order chi connectivity index (χ0) is 22.1. The summed E-state index contributed by atoms with van der Waals surface area (Å²) in [5, 5.41) is 0. The SMILES string of the molecule is O=C(C1CC2CCCCC2N1C(=O)c1ccccc1)N1CCN(c2ccc(Br)cn2)CC1. The van der Waals surface area contributed by atoms with Crippen LogP contribution in [0, 0.1) is 5.92 Å². The summed E-state index contributed by atoms with van der Waals surface area (Å²) in [7, 11) is 0. The van der Waals surface area contributed by atoms with Gasteiger partial charge in [-0.3, -0.25) is 9.59 Å². The minimum Gasteiger partial charge on any atom is -0.353 e. The molecule has 7 heteroatoms. The molecule has 0 bridgehead atoms. The van der Waals surface area contributed by atoms with Gasteiger partial charge in [-0.05, 0) is 65.4 Å². The Morgan fingerprint density at radius 1 is 0.938 bits per heavy atom. The second kappa shape index (κ2) is 9.22. The Morgan fingerprint density at radius 3 is 2.41 bits per heavy atom. The molecule has 2 amide bonds. The van der Waals surface area contributed by atoms with Crippen molar-refractivity contribution < 1.29 is 9.59 Å². The maximum atomic E-state index is 13.7. The molecule has 5 rings (SSSR count). The minimum atomic E-state index is -0.340. The van der Waals surface area contributed by atoms with Crippen LogP contribution in [0.15, 0.2) is 53.1 Å². The maximum Gasteiger partial charge on any atom is 0.254 e. The molecule has 3 unspecified atom stereocenters. The molecule has 32 heavy (non-hydrogen) atoms. The number of amides is 2. The molecule has 0 N–H and O–H groups in total. The molecule has 3 fully saturated rings. The first-order valence-corrected chi connectivity index (χ1v) is 12.4. The third-order valence-corrected chi connectivity index (χ3v) is 7.72. The lowest BCUT2D eigenvalue weighted by Gasteiger charge is -2.39. The first kappa shape index (κ1) is 21.4. The van der Waals surface area contributed by atoms with Gasteiger partial charge in [0.25, 0.3) is 5.91 Å². The zero-order valence-electron chi connectivity index (χ0n) is 18.2. The first-order valence-electron chi connectivity index (χ1n) is 11.6. The van der Waals surface area contributed by atoms with E-state index in [-0.39, 0.29) is 23.9 Å². The molecule has 0 spiro atoms. The Kier molecular flexibility index (Phi) is 6.17. The van der Waals surface area contributed by atoms with Gasteiger partial charge in [0.05, 0.1) is 0 Å². The van der Waals surface area contributed by atoms with Gasteiger partial charge in [-0.25, -0.2) is 4.98 Å². The van der Waals surface area contributed by atoms with Crippen molar-refractivity contribution >= 4 is 33.6 Å². The van der Waals surface area contributed by atoms with Crippen molar-refractivity contribution in [2.45, 2.75) is 44.2 Å². The highest BCUT2D eigenvalue weighted by Crippen LogP contribution is 2.41. The molecule has 1 aromatic heterocycles. The number of rotatable bonds is 3. The second-order valence-electron chi connectivity index (χ2n) is 9.09. The molecule has 1 saturated carbocycles. The Balaban J connectivity index is 1.31. The quantitative estimate of drug-likeness (QED) is 0.644. The number of halogens is 1. The number of likely N-dealkylation sites (tertiary alicyclic amines) is 1. The molecule has 1 aromatic carbocycles. The monoisotopic (exact) mass is 496 g/mol. The number of hydrogen-bond donors (Lipinski definition) is 0. The molecule has 168 valence electrons. The summed E-state index contributed by atoms with van der Waals surface area (Å²) >= 11 is 3.43. The number of carbonyl (C=O) groups is 2. The van der Waals surface area contributed by atoms with Gasteiger partial charge in [0, 0.05) is 48.5 Å². The Morgan fingerprint density at radius 2 is 1.69 bits per heavy atom. The minimum absolute atomic E-state index is 0.0102. The van der Waals surface area contributed by atoms with Crippen LogP contribution < -0.4 is 4.90 Å². The lowest BCUT2D eigenvalue weighted by Crippen LogP contribution is -2.55. The molecule has 3 atom stereocenters. The molecule has 2 aliphatic heterocycles. The van der Waals surface area contributed by atoms with Gasteiger partial charge in [0.15, 0.2) is 0 Å². The van der Waals surface area contributed by atoms with Crippen LogP contribution >= 0.6 is 15.9 Å². The second-order valence-corrected chi connectivity index (χ2v) is 10.0. The van der Waals surface area contributed by atoms with Gasteiger partial charge < -0.3 is 14.7 Å². The molecular formula is C25H29BrN4O2. The topological polar surface area (TPSA) is 56.8 Å². The number of fused-ring (bicyclic) bond motifs is 1. The van der Waals surface area contributed by atoms with Gasteiger partial charge in [-0.1, -0.05) is 31.0 Å². The van der Waals surface area contributed by atoms with E-state index in [0.29, 0.717) is 24.6 Å². The number of aromatic nitrogens is 1. The molecule has 3 aliphatic rings. The molecule has 6 nitrogen and oxygen atoms in total. The average molecular weight is 497 g/mol. The molecule has 2 aromatic rings. The van der Waals surface area contributed by atoms with E-state index >= 15 is 0 Å². The number of carbonyl (C=O) groups excluding carboxylic acids is 2. The van der Waals surface area contributed by atoms with Crippen LogP contribution in [-0.2, 0) is 4.79 Å². The van der Waals surface area contributed by atoms with Gasteiger partial charge >= 0.3 is 0 Å². The first-order chi connectivity index (χ1) is 15.6. The van der Waals surface area contributed by atoms with Crippen LogP contribution in [-0.4, -0.2) is 64.9 Å². The zero-order valence-corrected chi connectivity index (χ0v) is 19.8. The molecule has 3 heterocycles. The maximum absolute atomic E-state index is 13.7. The van der Waals surface area contributed by atoms with Crippen molar-refractivity contribution in [3.05, 3.63) is 58.7 Å². The summed E-state index contributed by atoms with van der Waals surface area (Å²) in [6.45, 7) is 2.84. The fourth-order valence-corrected chi connectivity index (χ4v) is 5.86. The largest absolute Gasteiger partial charge is 0.353 e. The van der Waals surface area contributed by atoms with Gasteiger partial charge in [0.1, 0.15) is 11.9 Å². The number of piperazine rings is 1. The van der Waals surface area contributed by atoms with Gasteiger partial charge in [-0.2, -0.15) is 0 Å². The van der Waals surface area contributed by atoms with E-state index in [1.807, 2.05) is 52.3 Å². The highest BCUT2D eigenvalue weighted by molar-refractivity contribution is 9.10. The van der Waals surface area contributed by atoms with E-state index in [9.17, 15) is 9.59 Å². The van der Waals surface area contributed by atoms with Crippen molar-refractivity contribution in [3.8, 4) is 0 Å². The highest BCUT2D eigenvalue weighted by Gasteiger charge is 2.48. The number of benzene rings is 1. The smallest absolute Gasteiger partial charge is 0.254 e. The molecular weight excluding hydrogens is 468 g/mol. The Labute approximate surface area is 197 Å². The van der Waals surface area contributed by atoms with Crippen LogP contribution in [0.5, 0.6) is 0 Å². The Hall–Kier alpha value is -2.41. The fraction of sp³-hybridized carbons (Fsp3) is 0.480. The summed E-state index contributed by atoms with van der Waals surface area (Å²) in [5.74, 6) is 1.51. The van der Waals surface area contributed by atoms with Crippen molar-refractivity contribution in [1.82, 2.24) is 14.8 Å². The third-order valence-electron chi connectivity index (χ3n) is 7.26. The highest BCUT2D eigenvalue weighted by atomic mass is 79.9. The van der Waals surface area contributed by atoms with E-state index in [4.69, 9.17) is 0 Å². The standard InChI is InChI=1S/C25H29BrN4O2/c26-20-10-11-23(27-17-20)28-12-14-29(15-13-28)25(32)22-16-19-8-4-5-9-21(19)30(22)24(31)18-6-2-1-3-7-18/h1-3,6-7,10-11,17,19,21-22H,4-5,8-9,12-16H2. The predicted octanol–water partition coefficient (Wildman–Crippen LogP) is 3.97. The molecule has 0 radical (unpaired) electrons. The number of hydrogen-bond acceptors (Lipinski definition) is 4. The summed E-state index contributed by atoms with van der Waals surface area (Å²) < 4.78 is 0.959. The fourth-order valence-electron chi connectivity index (χ4n) is 5.62. The van der Waals surface area contributed by atoms with Crippen LogP contribution in [0.25, 0.3) is 0 Å². The van der Waals surface area contributed by atoms with Crippen molar-refractivity contribution in [2.24, 2.45) is 5.92 Å². The van der Waals surface area contributed by atoms with E-state index < -0.39 is 0 Å². The van der Waals surface area contributed by atoms with E-state index in [1.165, 1.54) is 6.42 Å². The summed E-state index contributed by atoms with van der Waals surface area (Å²) in [6.07, 6.45) is 7.08. The lowest BCUT2D eigenvalue weighted by molar-refractivity contribution is -0.136. The van der Waals surface area contributed by atoms with Gasteiger partial charge in [-0.15, -0.1) is 0 Å². The van der Waals surface area contributed by atoms with Gasteiger partial charge in [0.2, 0.25) is 5.91 Å². The lowest BCUT2D eigenvalue weighted by atomic mass is 9.84. The summed E-state index contributed by atoms with van der Waals surface area (Å²) in [6, 6.07) is 13.3. The van der Waals surface area contributed by atoms with Crippen LogP contribution in [0.1, 0.15) is 42.5 Å². The summed E-state index contributed by atoms with van der Waals surface area (Å²) in [4.78, 5) is 37.8.